The van der Waals surface area contributed by atoms with Crippen molar-refractivity contribution in [3.05, 3.63) is 73.0 Å². The van der Waals surface area contributed by atoms with Crippen LogP contribution in [0.5, 0.6) is 11.5 Å². The van der Waals surface area contributed by atoms with E-state index in [1.54, 1.807) is 58.6 Å². The van der Waals surface area contributed by atoms with E-state index in [9.17, 15) is 0 Å². The molecule has 0 bridgehead atoms. The van der Waals surface area contributed by atoms with Crippen LogP contribution in [0.1, 0.15) is 5.82 Å². The molecule has 0 spiro atoms. The molecule has 0 fully saturated rings. The van der Waals surface area contributed by atoms with Gasteiger partial charge < -0.3 is 14.4 Å². The van der Waals surface area contributed by atoms with E-state index in [0.29, 0.717) is 34.2 Å². The van der Waals surface area contributed by atoms with Gasteiger partial charge in [0.25, 0.3) is 0 Å². The SMILES string of the molecule is COc1cc(OC)c(F)c(N(Cc2ncccn2)c2ccc3ncc(-c4cnn(C)c4)nc3n2)c1. The zero-order chi connectivity index (χ0) is 24.4. The van der Waals surface area contributed by atoms with Crippen LogP contribution in [0.25, 0.3) is 22.4 Å². The minimum Gasteiger partial charge on any atom is -0.497 e. The highest BCUT2D eigenvalue weighted by molar-refractivity contribution is 5.77. The molecule has 0 aliphatic rings. The third-order valence-electron chi connectivity index (χ3n) is 5.33. The maximum absolute atomic E-state index is 15.5. The van der Waals surface area contributed by atoms with Gasteiger partial charge in [0.15, 0.2) is 17.2 Å². The van der Waals surface area contributed by atoms with Crippen LogP contribution in [0.15, 0.2) is 61.3 Å². The van der Waals surface area contributed by atoms with Gasteiger partial charge in [0.05, 0.1) is 44.5 Å². The number of hydrogen-bond donors (Lipinski definition) is 0. The average Bonchev–Trinajstić information content (AvgIpc) is 3.34. The van der Waals surface area contributed by atoms with Gasteiger partial charge in [0.1, 0.15) is 22.9 Å². The summed E-state index contributed by atoms with van der Waals surface area (Å²) >= 11 is 0. The third-order valence-corrected chi connectivity index (χ3v) is 5.33. The van der Waals surface area contributed by atoms with Crippen molar-refractivity contribution >= 4 is 22.7 Å². The Labute approximate surface area is 200 Å². The average molecular weight is 472 g/mol. The van der Waals surface area contributed by atoms with Crippen LogP contribution in [-0.4, -0.2) is 48.9 Å². The van der Waals surface area contributed by atoms with Gasteiger partial charge in [-0.1, -0.05) is 0 Å². The van der Waals surface area contributed by atoms with E-state index in [4.69, 9.17) is 14.5 Å². The number of anilines is 2. The highest BCUT2D eigenvalue weighted by Crippen LogP contribution is 2.37. The van der Waals surface area contributed by atoms with Crippen molar-refractivity contribution in [1.82, 2.24) is 34.7 Å². The van der Waals surface area contributed by atoms with Crippen molar-refractivity contribution in [2.24, 2.45) is 7.05 Å². The van der Waals surface area contributed by atoms with Crippen molar-refractivity contribution in [2.75, 3.05) is 19.1 Å². The summed E-state index contributed by atoms with van der Waals surface area (Å²) in [6, 6.07) is 8.30. The molecule has 1 aromatic carbocycles. The monoisotopic (exact) mass is 472 g/mol. The Hall–Kier alpha value is -4.67. The first kappa shape index (κ1) is 22.1. The maximum atomic E-state index is 15.5. The van der Waals surface area contributed by atoms with Crippen LogP contribution in [-0.2, 0) is 13.6 Å². The van der Waals surface area contributed by atoms with E-state index in [1.165, 1.54) is 20.3 Å². The number of methoxy groups -OCH3 is 2. The molecule has 0 atom stereocenters. The van der Waals surface area contributed by atoms with Gasteiger partial charge in [0.2, 0.25) is 0 Å². The number of fused-ring (bicyclic) bond motifs is 1. The molecule has 176 valence electrons. The topological polar surface area (TPSA) is 104 Å². The van der Waals surface area contributed by atoms with Gasteiger partial charge in [-0.05, 0) is 18.2 Å². The minimum absolute atomic E-state index is 0.0396. The molecule has 0 radical (unpaired) electrons. The Morgan fingerprint density at radius 3 is 2.54 bits per heavy atom. The molecule has 0 unspecified atom stereocenters. The van der Waals surface area contributed by atoms with E-state index in [-0.39, 0.29) is 18.0 Å². The summed E-state index contributed by atoms with van der Waals surface area (Å²) in [5.41, 5.74) is 2.63. The van der Waals surface area contributed by atoms with Crippen LogP contribution in [0.3, 0.4) is 0 Å². The highest BCUT2D eigenvalue weighted by atomic mass is 19.1. The van der Waals surface area contributed by atoms with Crippen molar-refractivity contribution in [3.63, 3.8) is 0 Å². The van der Waals surface area contributed by atoms with Crippen molar-refractivity contribution < 1.29 is 13.9 Å². The molecular weight excluding hydrogens is 451 g/mol. The quantitative estimate of drug-likeness (QED) is 0.351. The number of rotatable bonds is 7. The first-order valence-electron chi connectivity index (χ1n) is 10.6. The third kappa shape index (κ3) is 4.43. The van der Waals surface area contributed by atoms with E-state index in [0.717, 1.165) is 5.56 Å². The standard InChI is InChI=1S/C24H21FN8O2/c1-32-13-15(11-29-32)18-12-28-17-5-6-22(31-24(17)30-18)33(14-21-26-7-4-8-27-21)19-9-16(34-2)10-20(35-3)23(19)25/h4-13H,14H2,1-3H3. The van der Waals surface area contributed by atoms with Crippen molar-refractivity contribution in [3.8, 4) is 22.8 Å². The molecule has 4 heterocycles. The molecule has 4 aromatic heterocycles. The van der Waals surface area contributed by atoms with E-state index < -0.39 is 5.82 Å². The van der Waals surface area contributed by atoms with Gasteiger partial charge in [-0.25, -0.2) is 24.3 Å². The lowest BCUT2D eigenvalue weighted by Crippen LogP contribution is -2.21. The second-order valence-electron chi connectivity index (χ2n) is 7.58. The lowest BCUT2D eigenvalue weighted by atomic mass is 10.2. The van der Waals surface area contributed by atoms with Crippen LogP contribution in [0, 0.1) is 5.82 Å². The zero-order valence-corrected chi connectivity index (χ0v) is 19.3. The summed E-state index contributed by atoms with van der Waals surface area (Å²) < 4.78 is 27.8. The molecule has 5 rings (SSSR count). The Morgan fingerprint density at radius 2 is 1.83 bits per heavy atom. The number of hydrogen-bond acceptors (Lipinski definition) is 9. The number of halogens is 1. The van der Waals surface area contributed by atoms with E-state index in [1.807, 2.05) is 13.2 Å². The number of pyridine rings is 1. The lowest BCUT2D eigenvalue weighted by molar-refractivity contribution is 0.374. The van der Waals surface area contributed by atoms with Gasteiger partial charge >= 0.3 is 0 Å². The van der Waals surface area contributed by atoms with E-state index >= 15 is 4.39 Å². The van der Waals surface area contributed by atoms with Crippen LogP contribution in [0.4, 0.5) is 15.9 Å². The maximum Gasteiger partial charge on any atom is 0.188 e. The number of nitrogens with zero attached hydrogens (tertiary/aromatic N) is 8. The Balaban J connectivity index is 1.65. The molecule has 11 heteroatoms. The number of ether oxygens (including phenoxy) is 2. The molecule has 35 heavy (non-hydrogen) atoms. The molecule has 0 N–H and O–H groups in total. The summed E-state index contributed by atoms with van der Waals surface area (Å²) in [4.78, 5) is 24.1. The number of aromatic nitrogens is 7. The molecule has 0 saturated heterocycles. The van der Waals surface area contributed by atoms with E-state index in [2.05, 4.69) is 25.0 Å². The summed E-state index contributed by atoms with van der Waals surface area (Å²) in [6.45, 7) is 0.141. The highest BCUT2D eigenvalue weighted by Gasteiger charge is 2.22. The summed E-state index contributed by atoms with van der Waals surface area (Å²) in [6.07, 6.45) is 8.47. The molecule has 0 amide bonds. The van der Waals surface area contributed by atoms with Crippen molar-refractivity contribution in [2.45, 2.75) is 6.54 Å². The second-order valence-corrected chi connectivity index (χ2v) is 7.58. The van der Waals surface area contributed by atoms with Gasteiger partial charge in [0, 0.05) is 43.3 Å². The van der Waals surface area contributed by atoms with Crippen molar-refractivity contribution in [1.29, 1.82) is 0 Å². The van der Waals surface area contributed by atoms with Gasteiger partial charge in [-0.3, -0.25) is 9.67 Å². The largest absolute Gasteiger partial charge is 0.497 e. The molecule has 0 saturated carbocycles. The second kappa shape index (κ2) is 9.29. The van der Waals surface area contributed by atoms with Gasteiger partial charge in [-0.15, -0.1) is 0 Å². The normalized spacial score (nSPS) is 11.0. The smallest absolute Gasteiger partial charge is 0.188 e. The molecule has 10 nitrogen and oxygen atoms in total. The van der Waals surface area contributed by atoms with Crippen LogP contribution >= 0.6 is 0 Å². The lowest BCUT2D eigenvalue weighted by Gasteiger charge is -2.25. The number of aryl methyl sites for hydroxylation is 1. The predicted octanol–water partition coefficient (Wildman–Crippen LogP) is 3.71. The Kier molecular flexibility index (Phi) is 5.88. The fourth-order valence-electron chi connectivity index (χ4n) is 3.59. The zero-order valence-electron chi connectivity index (χ0n) is 19.3. The predicted molar refractivity (Wildman–Crippen MR) is 127 cm³/mol. The summed E-state index contributed by atoms with van der Waals surface area (Å²) in [5.74, 6) is 0.804. The molecule has 5 aromatic rings. The molecular formula is C24H21FN8O2. The fourth-order valence-corrected chi connectivity index (χ4v) is 3.59. The minimum atomic E-state index is -0.568. The first-order valence-corrected chi connectivity index (χ1v) is 10.6. The number of benzene rings is 1. The fraction of sp³-hybridized carbons (Fsp3) is 0.167. The summed E-state index contributed by atoms with van der Waals surface area (Å²) in [7, 11) is 4.73. The Bertz CT molecular complexity index is 1490. The Morgan fingerprint density at radius 1 is 1.00 bits per heavy atom. The van der Waals surface area contributed by atoms with Gasteiger partial charge in [-0.2, -0.15) is 5.10 Å². The molecule has 0 aliphatic heterocycles. The van der Waals surface area contributed by atoms with Crippen LogP contribution in [0.2, 0.25) is 0 Å². The first-order chi connectivity index (χ1) is 17.1. The summed E-state index contributed by atoms with van der Waals surface area (Å²) in [5, 5.41) is 4.19. The van der Waals surface area contributed by atoms with Crippen LogP contribution < -0.4 is 14.4 Å². The molecule has 0 aliphatic carbocycles.